The molecule has 0 radical (unpaired) electrons. The molecule has 0 bridgehead atoms. The molecule has 0 saturated carbocycles. The molecule has 1 aromatic heterocycles. The summed E-state index contributed by atoms with van der Waals surface area (Å²) in [4.78, 5) is 22.4. The molecule has 1 aliphatic rings. The van der Waals surface area contributed by atoms with Crippen LogP contribution in [0.1, 0.15) is 23.7 Å². The van der Waals surface area contributed by atoms with Crippen molar-refractivity contribution in [3.05, 3.63) is 48.0 Å². The number of nitrogens with zero attached hydrogens (tertiary/aromatic N) is 3. The van der Waals surface area contributed by atoms with Crippen molar-refractivity contribution in [1.82, 2.24) is 9.88 Å². The highest BCUT2D eigenvalue weighted by Gasteiger charge is 2.22. The molecule has 7 nitrogen and oxygen atoms in total. The predicted octanol–water partition coefficient (Wildman–Crippen LogP) is 4.07. The lowest BCUT2D eigenvalue weighted by molar-refractivity contribution is 0.0376. The van der Waals surface area contributed by atoms with Gasteiger partial charge in [-0.25, -0.2) is 4.98 Å². The fraction of sp³-hybridized carbons (Fsp3) is 0.417. The van der Waals surface area contributed by atoms with Crippen molar-refractivity contribution >= 4 is 32.6 Å². The summed E-state index contributed by atoms with van der Waals surface area (Å²) in [6.07, 6.45) is 0.863. The maximum Gasteiger partial charge on any atom is 0.260 e. The van der Waals surface area contributed by atoms with E-state index < -0.39 is 0 Å². The largest absolute Gasteiger partial charge is 0.497 e. The van der Waals surface area contributed by atoms with E-state index in [9.17, 15) is 4.79 Å². The second-order valence-electron chi connectivity index (χ2n) is 7.55. The van der Waals surface area contributed by atoms with Gasteiger partial charge in [0.15, 0.2) is 5.13 Å². The van der Waals surface area contributed by atoms with Crippen molar-refractivity contribution < 1.29 is 19.0 Å². The fourth-order valence-electron chi connectivity index (χ4n) is 3.71. The normalized spacial score (nSPS) is 14.4. The van der Waals surface area contributed by atoms with Crippen LogP contribution in [0.25, 0.3) is 10.2 Å². The van der Waals surface area contributed by atoms with E-state index in [0.717, 1.165) is 61.0 Å². The number of rotatable bonds is 9. The predicted molar refractivity (Wildman–Crippen MR) is 127 cm³/mol. The minimum atomic E-state index is -0.0546. The summed E-state index contributed by atoms with van der Waals surface area (Å²) in [5.41, 5.74) is 1.46. The third-order valence-corrected chi connectivity index (χ3v) is 6.49. The van der Waals surface area contributed by atoms with Crippen LogP contribution in [0.15, 0.2) is 42.5 Å². The van der Waals surface area contributed by atoms with Gasteiger partial charge in [-0.15, -0.1) is 0 Å². The number of thiazole rings is 1. The summed E-state index contributed by atoms with van der Waals surface area (Å²) < 4.78 is 17.3. The molecule has 170 valence electrons. The first-order valence-corrected chi connectivity index (χ1v) is 11.8. The van der Waals surface area contributed by atoms with Crippen LogP contribution in [0.3, 0.4) is 0 Å². The van der Waals surface area contributed by atoms with Crippen molar-refractivity contribution in [2.75, 3.05) is 58.0 Å². The van der Waals surface area contributed by atoms with Gasteiger partial charge in [-0.1, -0.05) is 11.3 Å². The molecule has 0 N–H and O–H groups in total. The highest BCUT2D eigenvalue weighted by atomic mass is 32.1. The van der Waals surface area contributed by atoms with Crippen molar-refractivity contribution in [2.45, 2.75) is 13.3 Å². The Morgan fingerprint density at radius 3 is 2.62 bits per heavy atom. The van der Waals surface area contributed by atoms with Crippen LogP contribution < -0.4 is 14.4 Å². The second kappa shape index (κ2) is 10.8. The topological polar surface area (TPSA) is 64.1 Å². The fourth-order valence-corrected chi connectivity index (χ4v) is 4.69. The Bertz CT molecular complexity index is 1030. The summed E-state index contributed by atoms with van der Waals surface area (Å²) in [5.74, 6) is 1.46. The van der Waals surface area contributed by atoms with Crippen molar-refractivity contribution in [1.29, 1.82) is 0 Å². The molecule has 0 spiro atoms. The van der Waals surface area contributed by atoms with Gasteiger partial charge in [0.25, 0.3) is 5.91 Å². The number of fused-ring (bicyclic) bond motifs is 1. The van der Waals surface area contributed by atoms with E-state index in [2.05, 4.69) is 4.90 Å². The Kier molecular flexibility index (Phi) is 7.57. The standard InChI is InChI=1S/C24H29N3O4S/c1-3-31-19-7-5-18(6-8-19)23(28)27(12-4-11-26-13-15-30-16-14-26)24-25-21-17-20(29-2)9-10-22(21)32-24/h5-10,17H,3-4,11-16H2,1-2H3. The SMILES string of the molecule is CCOc1ccc(C(=O)N(CCCN2CCOCC2)c2nc3cc(OC)ccc3s2)cc1. The lowest BCUT2D eigenvalue weighted by Gasteiger charge is -2.27. The van der Waals surface area contributed by atoms with Crippen LogP contribution in [-0.4, -0.2) is 68.9 Å². The molecule has 8 heteroatoms. The number of carbonyl (C=O) groups excluding carboxylic acids is 1. The molecule has 1 amide bonds. The molecule has 2 heterocycles. The third kappa shape index (κ3) is 5.38. The maximum absolute atomic E-state index is 13.5. The molecule has 1 saturated heterocycles. The first kappa shape index (κ1) is 22.5. The molecule has 2 aromatic carbocycles. The van der Waals surface area contributed by atoms with Gasteiger partial charge in [-0.05, 0) is 49.7 Å². The van der Waals surface area contributed by atoms with Crippen molar-refractivity contribution in [3.8, 4) is 11.5 Å². The van der Waals surface area contributed by atoms with Gasteiger partial charge < -0.3 is 14.2 Å². The Balaban J connectivity index is 1.56. The smallest absolute Gasteiger partial charge is 0.260 e. The van der Waals surface area contributed by atoms with E-state index in [4.69, 9.17) is 19.2 Å². The zero-order valence-electron chi connectivity index (χ0n) is 18.6. The van der Waals surface area contributed by atoms with Gasteiger partial charge in [0.05, 0.1) is 37.1 Å². The van der Waals surface area contributed by atoms with Gasteiger partial charge >= 0.3 is 0 Å². The van der Waals surface area contributed by atoms with E-state index in [1.54, 1.807) is 12.0 Å². The first-order chi connectivity index (χ1) is 15.7. The van der Waals surface area contributed by atoms with E-state index >= 15 is 0 Å². The zero-order chi connectivity index (χ0) is 22.3. The van der Waals surface area contributed by atoms with Crippen LogP contribution in [0.4, 0.5) is 5.13 Å². The number of aromatic nitrogens is 1. The van der Waals surface area contributed by atoms with Crippen LogP contribution in [0.2, 0.25) is 0 Å². The summed E-state index contributed by atoms with van der Waals surface area (Å²) in [7, 11) is 1.64. The first-order valence-electron chi connectivity index (χ1n) is 11.0. The van der Waals surface area contributed by atoms with Crippen LogP contribution in [-0.2, 0) is 4.74 Å². The van der Waals surface area contributed by atoms with Gasteiger partial charge in [0.1, 0.15) is 11.5 Å². The van der Waals surface area contributed by atoms with Crippen LogP contribution in [0.5, 0.6) is 11.5 Å². The number of ether oxygens (including phenoxy) is 3. The van der Waals surface area contributed by atoms with E-state index in [0.29, 0.717) is 23.8 Å². The summed E-state index contributed by atoms with van der Waals surface area (Å²) in [6, 6.07) is 13.1. The maximum atomic E-state index is 13.5. The lowest BCUT2D eigenvalue weighted by atomic mass is 10.2. The molecular formula is C24H29N3O4S. The Hall–Kier alpha value is -2.68. The van der Waals surface area contributed by atoms with Crippen molar-refractivity contribution in [2.24, 2.45) is 0 Å². The number of carbonyl (C=O) groups is 1. The van der Waals surface area contributed by atoms with E-state index in [1.165, 1.54) is 11.3 Å². The number of hydrogen-bond donors (Lipinski definition) is 0. The van der Waals surface area contributed by atoms with Crippen molar-refractivity contribution in [3.63, 3.8) is 0 Å². The lowest BCUT2D eigenvalue weighted by Crippen LogP contribution is -2.39. The van der Waals surface area contributed by atoms with E-state index in [1.807, 2.05) is 49.4 Å². The van der Waals surface area contributed by atoms with E-state index in [-0.39, 0.29) is 5.91 Å². The number of anilines is 1. The second-order valence-corrected chi connectivity index (χ2v) is 8.56. The summed E-state index contributed by atoms with van der Waals surface area (Å²) in [5, 5.41) is 0.703. The number of benzene rings is 2. The number of methoxy groups -OCH3 is 1. The number of amides is 1. The van der Waals surface area contributed by atoms with Crippen LogP contribution >= 0.6 is 11.3 Å². The zero-order valence-corrected chi connectivity index (χ0v) is 19.4. The van der Waals surface area contributed by atoms with Gasteiger partial charge in [0.2, 0.25) is 0 Å². The highest BCUT2D eigenvalue weighted by molar-refractivity contribution is 7.22. The molecule has 1 aliphatic heterocycles. The summed E-state index contributed by atoms with van der Waals surface area (Å²) in [6.45, 7) is 7.48. The molecule has 0 aliphatic carbocycles. The minimum Gasteiger partial charge on any atom is -0.497 e. The van der Waals surface area contributed by atoms with Gasteiger partial charge in [-0.2, -0.15) is 0 Å². The molecule has 0 unspecified atom stereocenters. The molecule has 4 rings (SSSR count). The van der Waals surface area contributed by atoms with Gasteiger partial charge in [0, 0.05) is 37.8 Å². The highest BCUT2D eigenvalue weighted by Crippen LogP contribution is 2.32. The average molecular weight is 456 g/mol. The Morgan fingerprint density at radius 2 is 1.91 bits per heavy atom. The quantitative estimate of drug-likeness (QED) is 0.485. The molecule has 32 heavy (non-hydrogen) atoms. The molecular weight excluding hydrogens is 426 g/mol. The average Bonchev–Trinajstić information content (AvgIpc) is 3.25. The molecule has 0 atom stereocenters. The number of hydrogen-bond acceptors (Lipinski definition) is 7. The number of morpholine rings is 1. The molecule has 3 aromatic rings. The molecule has 1 fully saturated rings. The summed E-state index contributed by atoms with van der Waals surface area (Å²) >= 11 is 1.52. The monoisotopic (exact) mass is 455 g/mol. The van der Waals surface area contributed by atoms with Gasteiger partial charge in [-0.3, -0.25) is 14.6 Å². The van der Waals surface area contributed by atoms with Crippen LogP contribution in [0, 0.1) is 0 Å². The Morgan fingerprint density at radius 1 is 1.16 bits per heavy atom. The third-order valence-electron chi connectivity index (χ3n) is 5.43. The Labute approximate surface area is 192 Å². The minimum absolute atomic E-state index is 0.0546.